The maximum atomic E-state index is 5.42. The number of H-pyrrole nitrogens is 1. The summed E-state index contributed by atoms with van der Waals surface area (Å²) in [6.45, 7) is 2.96. The molecular formula is C12H21N3O. The van der Waals surface area contributed by atoms with Gasteiger partial charge < -0.3 is 10.1 Å². The lowest BCUT2D eigenvalue weighted by molar-refractivity contribution is 0.0586. The third-order valence-corrected chi connectivity index (χ3v) is 3.47. The van der Waals surface area contributed by atoms with Crippen molar-refractivity contribution in [1.82, 2.24) is 15.5 Å². The second kappa shape index (κ2) is 5.46. The third-order valence-electron chi connectivity index (χ3n) is 3.47. The fourth-order valence-corrected chi connectivity index (χ4v) is 2.35. The van der Waals surface area contributed by atoms with Gasteiger partial charge in [0, 0.05) is 31.0 Å². The number of aromatic amines is 1. The second-order valence-corrected chi connectivity index (χ2v) is 4.62. The zero-order valence-electron chi connectivity index (χ0n) is 10.1. The molecule has 2 rings (SSSR count). The van der Waals surface area contributed by atoms with Crippen LogP contribution in [0.25, 0.3) is 0 Å². The Balaban J connectivity index is 1.79. The number of nitrogens with one attached hydrogen (secondary N) is 2. The molecule has 2 atom stereocenters. The lowest BCUT2D eigenvalue weighted by atomic mass is 9.93. The Bertz CT molecular complexity index is 324. The van der Waals surface area contributed by atoms with Gasteiger partial charge in [-0.1, -0.05) is 0 Å². The highest BCUT2D eigenvalue weighted by atomic mass is 16.5. The standard InChI is InChI=1S/C12H21N3O/c1-9-10(8-14-15-9)7-13-11-4-3-5-12(6-11)16-2/h8,11-13H,3-7H2,1-2H3,(H,14,15). The van der Waals surface area contributed by atoms with Crippen LogP contribution < -0.4 is 5.32 Å². The van der Waals surface area contributed by atoms with Crippen molar-refractivity contribution < 1.29 is 4.74 Å². The first kappa shape index (κ1) is 11.6. The van der Waals surface area contributed by atoms with E-state index >= 15 is 0 Å². The van der Waals surface area contributed by atoms with Crippen molar-refractivity contribution in [3.8, 4) is 0 Å². The molecule has 0 radical (unpaired) electrons. The van der Waals surface area contributed by atoms with Crippen LogP contribution in [-0.2, 0) is 11.3 Å². The number of ether oxygens (including phenoxy) is 1. The summed E-state index contributed by atoms with van der Waals surface area (Å²) in [6.07, 6.45) is 7.21. The topological polar surface area (TPSA) is 49.9 Å². The summed E-state index contributed by atoms with van der Waals surface area (Å²) < 4.78 is 5.42. The minimum Gasteiger partial charge on any atom is -0.381 e. The molecule has 1 fully saturated rings. The SMILES string of the molecule is COC1CCCC(NCc2cn[nH]c2C)C1. The number of aromatic nitrogens is 2. The van der Waals surface area contributed by atoms with Crippen LogP contribution >= 0.6 is 0 Å². The largest absolute Gasteiger partial charge is 0.381 e. The maximum Gasteiger partial charge on any atom is 0.0586 e. The number of hydrogen-bond donors (Lipinski definition) is 2. The van der Waals surface area contributed by atoms with Crippen LogP contribution in [0.1, 0.15) is 36.9 Å². The number of rotatable bonds is 4. The van der Waals surface area contributed by atoms with Gasteiger partial charge in [-0.25, -0.2) is 0 Å². The molecule has 1 aromatic rings. The first-order chi connectivity index (χ1) is 7.79. The molecule has 1 saturated carbocycles. The first-order valence-corrected chi connectivity index (χ1v) is 6.04. The van der Waals surface area contributed by atoms with E-state index in [9.17, 15) is 0 Å². The summed E-state index contributed by atoms with van der Waals surface area (Å²) >= 11 is 0. The van der Waals surface area contributed by atoms with Crippen molar-refractivity contribution in [1.29, 1.82) is 0 Å². The van der Waals surface area contributed by atoms with Gasteiger partial charge in [0.1, 0.15) is 0 Å². The quantitative estimate of drug-likeness (QED) is 0.818. The Morgan fingerprint density at radius 2 is 2.44 bits per heavy atom. The molecule has 16 heavy (non-hydrogen) atoms. The van der Waals surface area contributed by atoms with Gasteiger partial charge in [-0.3, -0.25) is 5.10 Å². The van der Waals surface area contributed by atoms with Crippen molar-refractivity contribution in [2.24, 2.45) is 0 Å². The number of hydrogen-bond acceptors (Lipinski definition) is 3. The van der Waals surface area contributed by atoms with Crippen molar-refractivity contribution in [2.75, 3.05) is 7.11 Å². The molecule has 0 bridgehead atoms. The van der Waals surface area contributed by atoms with Gasteiger partial charge in [-0.05, 0) is 32.6 Å². The van der Waals surface area contributed by atoms with Gasteiger partial charge in [0.2, 0.25) is 0 Å². The van der Waals surface area contributed by atoms with E-state index in [1.807, 2.05) is 13.3 Å². The molecular weight excluding hydrogens is 202 g/mol. The first-order valence-electron chi connectivity index (χ1n) is 6.04. The minimum absolute atomic E-state index is 0.441. The summed E-state index contributed by atoms with van der Waals surface area (Å²) in [5, 5.41) is 10.6. The van der Waals surface area contributed by atoms with Crippen molar-refractivity contribution in [3.63, 3.8) is 0 Å². The molecule has 0 aromatic carbocycles. The molecule has 1 aliphatic rings. The molecule has 1 heterocycles. The summed E-state index contributed by atoms with van der Waals surface area (Å²) in [4.78, 5) is 0. The molecule has 0 saturated heterocycles. The van der Waals surface area contributed by atoms with E-state index in [0.29, 0.717) is 12.1 Å². The fraction of sp³-hybridized carbons (Fsp3) is 0.750. The minimum atomic E-state index is 0.441. The van der Waals surface area contributed by atoms with E-state index in [2.05, 4.69) is 22.4 Å². The van der Waals surface area contributed by atoms with Gasteiger partial charge >= 0.3 is 0 Å². The molecule has 0 spiro atoms. The Morgan fingerprint density at radius 1 is 1.56 bits per heavy atom. The summed E-state index contributed by atoms with van der Waals surface area (Å²) in [5.74, 6) is 0. The van der Waals surface area contributed by atoms with Gasteiger partial charge in [0.25, 0.3) is 0 Å². The van der Waals surface area contributed by atoms with Gasteiger partial charge in [-0.2, -0.15) is 5.10 Å². The van der Waals surface area contributed by atoms with E-state index in [4.69, 9.17) is 4.74 Å². The van der Waals surface area contributed by atoms with Gasteiger partial charge in [0.15, 0.2) is 0 Å². The highest BCUT2D eigenvalue weighted by Gasteiger charge is 2.21. The molecule has 2 unspecified atom stereocenters. The van der Waals surface area contributed by atoms with Crippen LogP contribution in [0.5, 0.6) is 0 Å². The van der Waals surface area contributed by atoms with Crippen LogP contribution in [0.3, 0.4) is 0 Å². The smallest absolute Gasteiger partial charge is 0.0586 e. The number of aryl methyl sites for hydroxylation is 1. The Kier molecular flexibility index (Phi) is 3.96. The summed E-state index contributed by atoms with van der Waals surface area (Å²) in [7, 11) is 1.81. The summed E-state index contributed by atoms with van der Waals surface area (Å²) in [6, 6.07) is 0.591. The van der Waals surface area contributed by atoms with Crippen molar-refractivity contribution >= 4 is 0 Å². The Hall–Kier alpha value is -0.870. The Labute approximate surface area is 96.8 Å². The van der Waals surface area contributed by atoms with Gasteiger partial charge in [-0.15, -0.1) is 0 Å². The van der Waals surface area contributed by atoms with E-state index in [1.165, 1.54) is 24.8 Å². The zero-order chi connectivity index (χ0) is 11.4. The van der Waals surface area contributed by atoms with E-state index in [-0.39, 0.29) is 0 Å². The lowest BCUT2D eigenvalue weighted by Crippen LogP contribution is -2.36. The average molecular weight is 223 g/mol. The Morgan fingerprint density at radius 3 is 3.12 bits per heavy atom. The number of nitrogens with zero attached hydrogens (tertiary/aromatic N) is 1. The molecule has 90 valence electrons. The van der Waals surface area contributed by atoms with E-state index < -0.39 is 0 Å². The lowest BCUT2D eigenvalue weighted by Gasteiger charge is -2.28. The maximum absolute atomic E-state index is 5.42. The van der Waals surface area contributed by atoms with Crippen LogP contribution in [0, 0.1) is 6.92 Å². The molecule has 1 aromatic heterocycles. The zero-order valence-corrected chi connectivity index (χ0v) is 10.1. The highest BCUT2D eigenvalue weighted by molar-refractivity contribution is 5.13. The fourth-order valence-electron chi connectivity index (χ4n) is 2.35. The molecule has 1 aliphatic carbocycles. The predicted octanol–water partition coefficient (Wildman–Crippen LogP) is 1.77. The monoisotopic (exact) mass is 223 g/mol. The second-order valence-electron chi connectivity index (χ2n) is 4.62. The predicted molar refractivity (Wildman–Crippen MR) is 63.2 cm³/mol. The number of methoxy groups -OCH3 is 1. The third kappa shape index (κ3) is 2.83. The normalized spacial score (nSPS) is 25.9. The van der Waals surface area contributed by atoms with Crippen LogP contribution in [0.4, 0.5) is 0 Å². The van der Waals surface area contributed by atoms with Crippen LogP contribution in [0.2, 0.25) is 0 Å². The molecule has 2 N–H and O–H groups in total. The van der Waals surface area contributed by atoms with Crippen LogP contribution in [-0.4, -0.2) is 29.5 Å². The summed E-state index contributed by atoms with van der Waals surface area (Å²) in [5.41, 5.74) is 2.42. The van der Waals surface area contributed by atoms with E-state index in [1.54, 1.807) is 0 Å². The molecule has 4 nitrogen and oxygen atoms in total. The molecule has 0 aliphatic heterocycles. The van der Waals surface area contributed by atoms with E-state index in [0.717, 1.165) is 18.7 Å². The van der Waals surface area contributed by atoms with Crippen LogP contribution in [0.15, 0.2) is 6.20 Å². The van der Waals surface area contributed by atoms with Gasteiger partial charge in [0.05, 0.1) is 12.3 Å². The average Bonchev–Trinajstić information content (AvgIpc) is 2.72. The molecule has 0 amide bonds. The van der Waals surface area contributed by atoms with Crippen molar-refractivity contribution in [3.05, 3.63) is 17.5 Å². The highest BCUT2D eigenvalue weighted by Crippen LogP contribution is 2.21. The molecule has 4 heteroatoms. The van der Waals surface area contributed by atoms with Crippen molar-refractivity contribution in [2.45, 2.75) is 51.3 Å².